The van der Waals surface area contributed by atoms with Crippen LogP contribution in [0.3, 0.4) is 0 Å². The number of nitrogens with one attached hydrogen (secondary N) is 1. The third-order valence-corrected chi connectivity index (χ3v) is 2.87. The summed E-state index contributed by atoms with van der Waals surface area (Å²) in [5, 5.41) is 2.81. The lowest BCUT2D eigenvalue weighted by Gasteiger charge is -2.32. The molecular formula is C11H19NO2. The van der Waals surface area contributed by atoms with Crippen LogP contribution in [0.4, 0.5) is 0 Å². The Balaban J connectivity index is 2.72. The van der Waals surface area contributed by atoms with E-state index in [9.17, 15) is 9.59 Å². The maximum atomic E-state index is 11.7. The summed E-state index contributed by atoms with van der Waals surface area (Å²) in [5.41, 5.74) is 0. The Morgan fingerprint density at radius 3 is 2.14 bits per heavy atom. The van der Waals surface area contributed by atoms with E-state index in [1.54, 1.807) is 0 Å². The molecule has 1 aliphatic rings. The maximum absolute atomic E-state index is 11.7. The molecular weight excluding hydrogens is 178 g/mol. The monoisotopic (exact) mass is 197 g/mol. The molecule has 0 saturated carbocycles. The smallest absolute Gasteiger partial charge is 0.224 e. The number of amides is 1. The molecule has 2 unspecified atom stereocenters. The molecule has 14 heavy (non-hydrogen) atoms. The van der Waals surface area contributed by atoms with Crippen molar-refractivity contribution in [3.63, 3.8) is 0 Å². The van der Waals surface area contributed by atoms with Crippen LogP contribution in [0, 0.1) is 17.8 Å². The second kappa shape index (κ2) is 4.11. The second-order valence-corrected chi connectivity index (χ2v) is 4.75. The van der Waals surface area contributed by atoms with Gasteiger partial charge in [-0.1, -0.05) is 27.7 Å². The highest BCUT2D eigenvalue weighted by Crippen LogP contribution is 2.23. The Hall–Kier alpha value is -0.860. The van der Waals surface area contributed by atoms with Crippen LogP contribution in [0.1, 0.15) is 34.1 Å². The molecule has 1 N–H and O–H groups in total. The first-order valence-corrected chi connectivity index (χ1v) is 5.26. The van der Waals surface area contributed by atoms with Gasteiger partial charge >= 0.3 is 0 Å². The Morgan fingerprint density at radius 1 is 1.14 bits per heavy atom. The number of carbonyl (C=O) groups is 2. The molecule has 0 radical (unpaired) electrons. The Labute approximate surface area is 85.3 Å². The van der Waals surface area contributed by atoms with Crippen molar-refractivity contribution in [1.82, 2.24) is 5.32 Å². The average molecular weight is 197 g/mol. The predicted octanol–water partition coefficient (Wildman–Crippen LogP) is 1.37. The van der Waals surface area contributed by atoms with Gasteiger partial charge in [-0.05, 0) is 11.8 Å². The molecule has 1 saturated heterocycles. The molecule has 0 spiro atoms. The summed E-state index contributed by atoms with van der Waals surface area (Å²) in [6.07, 6.45) is 0.409. The fourth-order valence-electron chi connectivity index (χ4n) is 1.85. The van der Waals surface area contributed by atoms with E-state index in [4.69, 9.17) is 0 Å². The van der Waals surface area contributed by atoms with E-state index in [-0.39, 0.29) is 35.5 Å². The molecule has 0 aromatic heterocycles. The molecule has 0 aromatic carbocycles. The van der Waals surface area contributed by atoms with Gasteiger partial charge in [0.15, 0.2) is 5.78 Å². The van der Waals surface area contributed by atoms with E-state index in [0.717, 1.165) is 0 Å². The molecule has 1 aliphatic heterocycles. The zero-order chi connectivity index (χ0) is 10.9. The molecule has 0 aliphatic carbocycles. The van der Waals surface area contributed by atoms with Crippen LogP contribution in [0.5, 0.6) is 0 Å². The number of piperidine rings is 1. The number of ketones is 1. The summed E-state index contributed by atoms with van der Waals surface area (Å²) in [7, 11) is 0. The first-order valence-electron chi connectivity index (χ1n) is 5.26. The van der Waals surface area contributed by atoms with Gasteiger partial charge in [0.1, 0.15) is 0 Å². The normalized spacial score (nSPS) is 28.4. The summed E-state index contributed by atoms with van der Waals surface area (Å²) in [6, 6.07) is -0.266. The molecule has 1 fully saturated rings. The molecule has 0 bridgehead atoms. The van der Waals surface area contributed by atoms with Crippen LogP contribution in [0.25, 0.3) is 0 Å². The highest BCUT2D eigenvalue weighted by atomic mass is 16.2. The fraction of sp³-hybridized carbons (Fsp3) is 0.818. The molecule has 80 valence electrons. The lowest BCUT2D eigenvalue weighted by molar-refractivity contribution is -0.139. The van der Waals surface area contributed by atoms with Gasteiger partial charge in [-0.25, -0.2) is 0 Å². The highest BCUT2D eigenvalue weighted by molar-refractivity contribution is 5.96. The van der Waals surface area contributed by atoms with Crippen molar-refractivity contribution in [2.24, 2.45) is 17.8 Å². The molecule has 1 rings (SSSR count). The summed E-state index contributed by atoms with van der Waals surface area (Å²) < 4.78 is 0. The number of rotatable bonds is 2. The van der Waals surface area contributed by atoms with Gasteiger partial charge in [0.2, 0.25) is 5.91 Å². The second-order valence-electron chi connectivity index (χ2n) is 4.75. The van der Waals surface area contributed by atoms with E-state index >= 15 is 0 Å². The van der Waals surface area contributed by atoms with E-state index in [0.29, 0.717) is 6.42 Å². The van der Waals surface area contributed by atoms with Crippen molar-refractivity contribution in [1.29, 1.82) is 0 Å². The van der Waals surface area contributed by atoms with Crippen LogP contribution in [-0.4, -0.2) is 17.7 Å². The molecule has 3 heteroatoms. The lowest BCUT2D eigenvalue weighted by atomic mass is 9.82. The Kier molecular flexibility index (Phi) is 3.29. The fourth-order valence-corrected chi connectivity index (χ4v) is 1.85. The number of carbonyl (C=O) groups excluding carboxylic acids is 2. The molecule has 2 atom stereocenters. The van der Waals surface area contributed by atoms with E-state index in [2.05, 4.69) is 5.32 Å². The number of hydrogen-bond donors (Lipinski definition) is 1. The third kappa shape index (κ3) is 2.14. The van der Waals surface area contributed by atoms with Crippen LogP contribution in [0.2, 0.25) is 0 Å². The van der Waals surface area contributed by atoms with Crippen molar-refractivity contribution < 1.29 is 9.59 Å². The quantitative estimate of drug-likeness (QED) is 0.726. The van der Waals surface area contributed by atoms with Gasteiger partial charge in [-0.2, -0.15) is 0 Å². The standard InChI is InChI=1S/C11H19NO2/c1-6(2)8-5-9(13)10(7(3)4)12-11(8)14/h6-8,10H,5H2,1-4H3,(H,12,14). The zero-order valence-corrected chi connectivity index (χ0v) is 9.33. The van der Waals surface area contributed by atoms with E-state index in [1.807, 2.05) is 27.7 Å². The van der Waals surface area contributed by atoms with Crippen LogP contribution in [0.15, 0.2) is 0 Å². The Bertz CT molecular complexity index is 220. The van der Waals surface area contributed by atoms with Gasteiger partial charge in [0, 0.05) is 12.3 Å². The van der Waals surface area contributed by atoms with E-state index in [1.165, 1.54) is 0 Å². The first kappa shape index (κ1) is 11.2. The highest BCUT2D eigenvalue weighted by Gasteiger charge is 2.36. The van der Waals surface area contributed by atoms with Crippen molar-refractivity contribution in [2.45, 2.75) is 40.2 Å². The summed E-state index contributed by atoms with van der Waals surface area (Å²) >= 11 is 0. The molecule has 3 nitrogen and oxygen atoms in total. The van der Waals surface area contributed by atoms with Crippen molar-refractivity contribution in [2.75, 3.05) is 0 Å². The van der Waals surface area contributed by atoms with Gasteiger partial charge in [0.25, 0.3) is 0 Å². The minimum atomic E-state index is -0.266. The van der Waals surface area contributed by atoms with Crippen LogP contribution in [-0.2, 0) is 9.59 Å². The lowest BCUT2D eigenvalue weighted by Crippen LogP contribution is -2.53. The van der Waals surface area contributed by atoms with Gasteiger partial charge in [-0.15, -0.1) is 0 Å². The molecule has 1 heterocycles. The number of Topliss-reactive ketones (excluding diaryl/α,β-unsaturated/α-hetero) is 1. The largest absolute Gasteiger partial charge is 0.346 e. The van der Waals surface area contributed by atoms with Gasteiger partial charge in [0.05, 0.1) is 6.04 Å². The van der Waals surface area contributed by atoms with Crippen LogP contribution >= 0.6 is 0 Å². The minimum absolute atomic E-state index is 0.0401. The Morgan fingerprint density at radius 2 is 1.71 bits per heavy atom. The predicted molar refractivity (Wildman–Crippen MR) is 54.7 cm³/mol. The summed E-state index contributed by atoms with van der Waals surface area (Å²) in [4.78, 5) is 23.3. The van der Waals surface area contributed by atoms with Crippen molar-refractivity contribution in [3.05, 3.63) is 0 Å². The zero-order valence-electron chi connectivity index (χ0n) is 9.33. The van der Waals surface area contributed by atoms with Crippen molar-refractivity contribution >= 4 is 11.7 Å². The average Bonchev–Trinajstić information content (AvgIpc) is 2.07. The van der Waals surface area contributed by atoms with Crippen molar-refractivity contribution in [3.8, 4) is 0 Å². The SMILES string of the molecule is CC(C)C1CC(=O)C(C(C)C)NC1=O. The summed E-state index contributed by atoms with van der Waals surface area (Å²) in [5.74, 6) is 0.528. The van der Waals surface area contributed by atoms with Gasteiger partial charge in [-0.3, -0.25) is 9.59 Å². The van der Waals surface area contributed by atoms with Gasteiger partial charge < -0.3 is 5.32 Å². The molecule has 0 aromatic rings. The van der Waals surface area contributed by atoms with Crippen LogP contribution < -0.4 is 5.32 Å². The molecule has 1 amide bonds. The summed E-state index contributed by atoms with van der Waals surface area (Å²) in [6.45, 7) is 7.87. The van der Waals surface area contributed by atoms with E-state index < -0.39 is 0 Å². The first-order chi connectivity index (χ1) is 6.43. The number of hydrogen-bond acceptors (Lipinski definition) is 2. The minimum Gasteiger partial charge on any atom is -0.346 e. The third-order valence-electron chi connectivity index (χ3n) is 2.87. The maximum Gasteiger partial charge on any atom is 0.224 e. The topological polar surface area (TPSA) is 46.2 Å².